The highest BCUT2D eigenvalue weighted by molar-refractivity contribution is 6.89. The van der Waals surface area contributed by atoms with Crippen LogP contribution in [0.25, 0.3) is 0 Å². The van der Waals surface area contributed by atoms with Gasteiger partial charge in [-0.25, -0.2) is 0 Å². The van der Waals surface area contributed by atoms with Crippen LogP contribution in [0.15, 0.2) is 60.7 Å². The van der Waals surface area contributed by atoms with Crippen LogP contribution in [-0.4, -0.2) is 26.1 Å². The maximum atomic E-state index is 12.5. The fourth-order valence-electron chi connectivity index (χ4n) is 3.41. The Balaban J connectivity index is 1.63. The van der Waals surface area contributed by atoms with Crippen molar-refractivity contribution < 1.29 is 9.53 Å². The SMILES string of the molecule is C[Si](C)(C[C@H]1CC[C@H](C(=O)c2ccccc2)O1)c1ccccc1. The Morgan fingerprint density at radius 3 is 2.26 bits per heavy atom. The second kappa shape index (κ2) is 6.81. The molecule has 0 spiro atoms. The van der Waals surface area contributed by atoms with Gasteiger partial charge in [-0.3, -0.25) is 4.79 Å². The van der Waals surface area contributed by atoms with Crippen molar-refractivity contribution in [2.24, 2.45) is 0 Å². The van der Waals surface area contributed by atoms with Crippen molar-refractivity contribution in [1.82, 2.24) is 0 Å². The standard InChI is InChI=1S/C20H24O2Si/c1-23(2,18-11-7-4-8-12-18)15-17-13-14-19(22-17)20(21)16-9-5-3-6-10-16/h3-12,17,19H,13-15H2,1-2H3/t17-,19-/m1/s1. The molecule has 1 aliphatic rings. The van der Waals surface area contributed by atoms with Gasteiger partial charge in [0.25, 0.3) is 0 Å². The normalized spacial score (nSPS) is 21.3. The van der Waals surface area contributed by atoms with Crippen LogP contribution in [0.1, 0.15) is 23.2 Å². The van der Waals surface area contributed by atoms with Gasteiger partial charge in [0.05, 0.1) is 14.2 Å². The summed E-state index contributed by atoms with van der Waals surface area (Å²) in [6.45, 7) is 4.77. The molecule has 0 radical (unpaired) electrons. The zero-order valence-electron chi connectivity index (χ0n) is 13.9. The van der Waals surface area contributed by atoms with E-state index < -0.39 is 8.07 Å². The lowest BCUT2D eigenvalue weighted by atomic mass is 10.0. The second-order valence-corrected chi connectivity index (χ2v) is 11.8. The van der Waals surface area contributed by atoms with Gasteiger partial charge in [-0.2, -0.15) is 0 Å². The third-order valence-electron chi connectivity index (χ3n) is 4.75. The number of rotatable bonds is 5. The van der Waals surface area contributed by atoms with Crippen LogP contribution >= 0.6 is 0 Å². The van der Waals surface area contributed by atoms with Crippen LogP contribution in [0, 0.1) is 0 Å². The predicted octanol–water partition coefficient (Wildman–Crippen LogP) is 4.03. The average Bonchev–Trinajstić information content (AvgIpc) is 3.03. The molecule has 2 aromatic rings. The van der Waals surface area contributed by atoms with Crippen molar-refractivity contribution >= 4 is 19.0 Å². The second-order valence-electron chi connectivity index (χ2n) is 7.01. The number of carbonyl (C=O) groups excluding carboxylic acids is 1. The first-order chi connectivity index (χ1) is 11.1. The Bertz CT molecular complexity index is 652. The number of Topliss-reactive ketones (excluding diaryl/α,β-unsaturated/α-hetero) is 1. The van der Waals surface area contributed by atoms with E-state index in [-0.39, 0.29) is 18.0 Å². The topological polar surface area (TPSA) is 26.3 Å². The van der Waals surface area contributed by atoms with Gasteiger partial charge in [-0.05, 0) is 18.9 Å². The molecule has 0 N–H and O–H groups in total. The number of benzene rings is 2. The van der Waals surface area contributed by atoms with E-state index in [0.29, 0.717) is 0 Å². The molecule has 0 unspecified atom stereocenters. The average molecular weight is 324 g/mol. The minimum absolute atomic E-state index is 0.132. The number of ketones is 1. The number of hydrogen-bond donors (Lipinski definition) is 0. The Morgan fingerprint density at radius 1 is 1.00 bits per heavy atom. The van der Waals surface area contributed by atoms with Gasteiger partial charge in [0.2, 0.25) is 0 Å². The summed E-state index contributed by atoms with van der Waals surface area (Å²) in [5, 5.41) is 1.46. The van der Waals surface area contributed by atoms with E-state index in [4.69, 9.17) is 4.74 Å². The summed E-state index contributed by atoms with van der Waals surface area (Å²) < 4.78 is 6.12. The van der Waals surface area contributed by atoms with Crippen LogP contribution < -0.4 is 5.19 Å². The van der Waals surface area contributed by atoms with Gasteiger partial charge in [0.15, 0.2) is 5.78 Å². The third kappa shape index (κ3) is 3.79. The third-order valence-corrected chi connectivity index (χ3v) is 8.12. The van der Waals surface area contributed by atoms with Crippen LogP contribution in [0.3, 0.4) is 0 Å². The number of ether oxygens (including phenoxy) is 1. The Morgan fingerprint density at radius 2 is 1.61 bits per heavy atom. The first-order valence-corrected chi connectivity index (χ1v) is 11.6. The van der Waals surface area contributed by atoms with E-state index in [1.165, 1.54) is 5.19 Å². The van der Waals surface area contributed by atoms with Gasteiger partial charge >= 0.3 is 0 Å². The molecule has 0 aliphatic carbocycles. The summed E-state index contributed by atoms with van der Waals surface area (Å²) in [6.07, 6.45) is 1.79. The molecule has 0 aromatic heterocycles. The minimum Gasteiger partial charge on any atom is -0.367 e. The van der Waals surface area contributed by atoms with Gasteiger partial charge in [-0.1, -0.05) is 78.9 Å². The van der Waals surface area contributed by atoms with Crippen LogP contribution in [0.2, 0.25) is 19.1 Å². The van der Waals surface area contributed by atoms with E-state index in [0.717, 1.165) is 24.4 Å². The molecule has 2 atom stereocenters. The highest BCUT2D eigenvalue weighted by Crippen LogP contribution is 2.28. The largest absolute Gasteiger partial charge is 0.367 e. The molecular weight excluding hydrogens is 300 g/mol. The molecule has 0 bridgehead atoms. The monoisotopic (exact) mass is 324 g/mol. The molecule has 2 nitrogen and oxygen atoms in total. The van der Waals surface area contributed by atoms with Crippen molar-refractivity contribution in [3.05, 3.63) is 66.2 Å². The lowest BCUT2D eigenvalue weighted by molar-refractivity contribution is 0.0430. The smallest absolute Gasteiger partial charge is 0.191 e. The summed E-state index contributed by atoms with van der Waals surface area (Å²) in [4.78, 5) is 12.5. The molecule has 1 saturated heterocycles. The van der Waals surface area contributed by atoms with Crippen molar-refractivity contribution in [2.75, 3.05) is 0 Å². The van der Waals surface area contributed by atoms with Crippen LogP contribution in [0.4, 0.5) is 0 Å². The minimum atomic E-state index is -1.52. The molecule has 3 heteroatoms. The summed E-state index contributed by atoms with van der Waals surface area (Å²) in [5.41, 5.74) is 0.762. The Kier molecular flexibility index (Phi) is 4.78. The zero-order chi connectivity index (χ0) is 16.3. The maximum Gasteiger partial charge on any atom is 0.191 e. The van der Waals surface area contributed by atoms with Crippen LogP contribution in [0.5, 0.6) is 0 Å². The van der Waals surface area contributed by atoms with Gasteiger partial charge < -0.3 is 4.74 Å². The molecule has 23 heavy (non-hydrogen) atoms. The number of hydrogen-bond acceptors (Lipinski definition) is 2. The van der Waals surface area contributed by atoms with E-state index >= 15 is 0 Å². The highest BCUT2D eigenvalue weighted by Gasteiger charge is 2.35. The molecule has 2 aromatic carbocycles. The first kappa shape index (κ1) is 16.2. The van der Waals surface area contributed by atoms with Crippen molar-refractivity contribution in [2.45, 2.75) is 44.2 Å². The summed E-state index contributed by atoms with van der Waals surface area (Å²) >= 11 is 0. The van der Waals surface area contributed by atoms with Gasteiger partial charge in [-0.15, -0.1) is 0 Å². The van der Waals surface area contributed by atoms with Crippen molar-refractivity contribution in [1.29, 1.82) is 0 Å². The summed E-state index contributed by atoms with van der Waals surface area (Å²) in [5.74, 6) is 0.132. The zero-order valence-corrected chi connectivity index (χ0v) is 14.9. The lowest BCUT2D eigenvalue weighted by Crippen LogP contribution is -2.44. The molecule has 0 saturated carbocycles. The molecule has 1 fully saturated rings. The van der Waals surface area contributed by atoms with E-state index in [1.807, 2.05) is 30.3 Å². The molecule has 0 amide bonds. The highest BCUT2D eigenvalue weighted by atomic mass is 28.3. The number of carbonyl (C=O) groups is 1. The summed E-state index contributed by atoms with van der Waals surface area (Å²) in [7, 11) is -1.52. The molecule has 1 aliphatic heterocycles. The fourth-order valence-corrected chi connectivity index (χ4v) is 6.18. The lowest BCUT2D eigenvalue weighted by Gasteiger charge is -2.26. The van der Waals surface area contributed by atoms with Crippen molar-refractivity contribution in [3.8, 4) is 0 Å². The van der Waals surface area contributed by atoms with Crippen molar-refractivity contribution in [3.63, 3.8) is 0 Å². The molecule has 3 rings (SSSR count). The maximum absolute atomic E-state index is 12.5. The van der Waals surface area contributed by atoms with E-state index in [1.54, 1.807) is 0 Å². The van der Waals surface area contributed by atoms with E-state index in [9.17, 15) is 4.79 Å². The quantitative estimate of drug-likeness (QED) is 0.613. The first-order valence-electron chi connectivity index (χ1n) is 8.36. The summed E-state index contributed by atoms with van der Waals surface area (Å²) in [6, 6.07) is 21.3. The molecular formula is C20H24O2Si. The Labute approximate surface area is 139 Å². The molecule has 120 valence electrons. The van der Waals surface area contributed by atoms with Crippen LogP contribution in [-0.2, 0) is 4.74 Å². The molecule has 1 heterocycles. The van der Waals surface area contributed by atoms with E-state index in [2.05, 4.69) is 43.4 Å². The fraction of sp³-hybridized carbons (Fsp3) is 0.350. The Hall–Kier alpha value is -1.71. The van der Waals surface area contributed by atoms with Gasteiger partial charge in [0, 0.05) is 5.56 Å². The van der Waals surface area contributed by atoms with Gasteiger partial charge in [0.1, 0.15) is 6.10 Å². The predicted molar refractivity (Wildman–Crippen MR) is 97.0 cm³/mol.